The van der Waals surface area contributed by atoms with Crippen molar-refractivity contribution in [3.63, 3.8) is 0 Å². The number of hydrogen-bond acceptors (Lipinski definition) is 4. The van der Waals surface area contributed by atoms with Crippen LogP contribution in [0.2, 0.25) is 5.02 Å². The SMILES string of the molecule is O=C([O-])[C@@H]1[C@H]2C(=O)N(c3cccc(Cl)c3)C[C@@]23C=C[C@H]1O3. The van der Waals surface area contributed by atoms with E-state index in [1.165, 1.54) is 0 Å². The number of anilines is 1. The molecule has 5 nitrogen and oxygen atoms in total. The molecule has 3 heterocycles. The highest BCUT2D eigenvalue weighted by atomic mass is 35.5. The Kier molecular flexibility index (Phi) is 2.50. The van der Waals surface area contributed by atoms with Crippen LogP contribution in [0.4, 0.5) is 5.69 Å². The molecule has 4 atom stereocenters. The predicted molar refractivity (Wildman–Crippen MR) is 72.5 cm³/mol. The van der Waals surface area contributed by atoms with Gasteiger partial charge in [-0.15, -0.1) is 0 Å². The van der Waals surface area contributed by atoms with Crippen LogP contribution in [0.5, 0.6) is 0 Å². The average Bonchev–Trinajstić information content (AvgIpc) is 3.07. The summed E-state index contributed by atoms with van der Waals surface area (Å²) in [5, 5.41) is 11.9. The van der Waals surface area contributed by atoms with E-state index in [-0.39, 0.29) is 5.91 Å². The first-order valence-electron chi connectivity index (χ1n) is 6.67. The van der Waals surface area contributed by atoms with Crippen LogP contribution in [0.3, 0.4) is 0 Å². The van der Waals surface area contributed by atoms with Gasteiger partial charge in [-0.3, -0.25) is 4.79 Å². The lowest BCUT2D eigenvalue weighted by atomic mass is 9.77. The Morgan fingerprint density at radius 3 is 3.00 bits per heavy atom. The number of carbonyl (C=O) groups excluding carboxylic acids is 2. The number of amides is 1. The highest BCUT2D eigenvalue weighted by Gasteiger charge is 2.65. The number of ether oxygens (including phenoxy) is 1. The van der Waals surface area contributed by atoms with Crippen molar-refractivity contribution in [1.29, 1.82) is 0 Å². The quantitative estimate of drug-likeness (QED) is 0.741. The first-order chi connectivity index (χ1) is 10.0. The van der Waals surface area contributed by atoms with Gasteiger partial charge in [0.2, 0.25) is 5.91 Å². The molecule has 2 fully saturated rings. The second-order valence-corrected chi connectivity index (χ2v) is 6.06. The fourth-order valence-electron chi connectivity index (χ4n) is 3.63. The molecule has 1 spiro atoms. The number of carboxylic acid groups (broad SMARTS) is 1. The molecule has 0 radical (unpaired) electrons. The lowest BCUT2D eigenvalue weighted by Crippen LogP contribution is -2.45. The van der Waals surface area contributed by atoms with Crippen LogP contribution in [-0.4, -0.2) is 30.1 Å². The zero-order valence-electron chi connectivity index (χ0n) is 10.9. The topological polar surface area (TPSA) is 69.7 Å². The van der Waals surface area contributed by atoms with Gasteiger partial charge in [-0.05, 0) is 18.2 Å². The maximum atomic E-state index is 12.7. The Morgan fingerprint density at radius 2 is 2.29 bits per heavy atom. The minimum atomic E-state index is -1.24. The zero-order valence-corrected chi connectivity index (χ0v) is 11.6. The van der Waals surface area contributed by atoms with Crippen molar-refractivity contribution in [2.45, 2.75) is 11.7 Å². The fourth-order valence-corrected chi connectivity index (χ4v) is 3.81. The van der Waals surface area contributed by atoms with Crippen molar-refractivity contribution in [2.24, 2.45) is 11.8 Å². The third-order valence-electron chi connectivity index (χ3n) is 4.49. The van der Waals surface area contributed by atoms with E-state index in [0.717, 1.165) is 0 Å². The first-order valence-corrected chi connectivity index (χ1v) is 7.05. The molecule has 2 bridgehead atoms. The third-order valence-corrected chi connectivity index (χ3v) is 4.73. The molecule has 108 valence electrons. The maximum absolute atomic E-state index is 12.7. The van der Waals surface area contributed by atoms with Crippen LogP contribution < -0.4 is 10.0 Å². The summed E-state index contributed by atoms with van der Waals surface area (Å²) in [6.45, 7) is 0.299. The summed E-state index contributed by atoms with van der Waals surface area (Å²) in [5.74, 6) is -3.14. The Morgan fingerprint density at radius 1 is 1.48 bits per heavy atom. The van der Waals surface area contributed by atoms with Gasteiger partial charge in [-0.1, -0.05) is 29.8 Å². The Bertz CT molecular complexity index is 688. The molecule has 0 aliphatic carbocycles. The summed E-state index contributed by atoms with van der Waals surface area (Å²) < 4.78 is 5.78. The number of halogens is 1. The molecule has 1 aromatic carbocycles. The van der Waals surface area contributed by atoms with Crippen molar-refractivity contribution in [1.82, 2.24) is 0 Å². The fraction of sp³-hybridized carbons (Fsp3) is 0.333. The van der Waals surface area contributed by atoms with E-state index in [2.05, 4.69) is 0 Å². The lowest BCUT2D eigenvalue weighted by Gasteiger charge is -2.24. The summed E-state index contributed by atoms with van der Waals surface area (Å²) in [5.41, 5.74) is -0.205. The van der Waals surface area contributed by atoms with Crippen LogP contribution in [0.15, 0.2) is 36.4 Å². The molecule has 0 unspecified atom stereocenters. The summed E-state index contributed by atoms with van der Waals surface area (Å²) in [6, 6.07) is 6.92. The van der Waals surface area contributed by atoms with Crippen LogP contribution in [0, 0.1) is 11.8 Å². The molecule has 0 N–H and O–H groups in total. The molecule has 3 aliphatic rings. The van der Waals surface area contributed by atoms with Crippen LogP contribution >= 0.6 is 11.6 Å². The van der Waals surface area contributed by atoms with Gasteiger partial charge in [0, 0.05) is 22.6 Å². The third kappa shape index (κ3) is 1.61. The largest absolute Gasteiger partial charge is 0.550 e. The highest BCUT2D eigenvalue weighted by Crippen LogP contribution is 2.52. The molecule has 6 heteroatoms. The van der Waals surface area contributed by atoms with Gasteiger partial charge in [0.05, 0.1) is 18.6 Å². The minimum absolute atomic E-state index is 0.252. The summed E-state index contributed by atoms with van der Waals surface area (Å²) in [6.07, 6.45) is 2.96. The van der Waals surface area contributed by atoms with E-state index in [0.29, 0.717) is 17.3 Å². The van der Waals surface area contributed by atoms with Gasteiger partial charge in [0.15, 0.2) is 0 Å². The second-order valence-electron chi connectivity index (χ2n) is 5.62. The van der Waals surface area contributed by atoms with E-state index < -0.39 is 29.5 Å². The molecular weight excluding hydrogens is 294 g/mol. The number of nitrogens with zero attached hydrogens (tertiary/aromatic N) is 1. The Balaban J connectivity index is 1.75. The maximum Gasteiger partial charge on any atom is 0.234 e. The van der Waals surface area contributed by atoms with E-state index in [4.69, 9.17) is 16.3 Å². The van der Waals surface area contributed by atoms with Gasteiger partial charge >= 0.3 is 0 Å². The molecule has 1 amide bonds. The number of aliphatic carboxylic acids is 1. The standard InChI is InChI=1S/C15H12ClNO4/c16-8-2-1-3-9(6-8)17-7-15-5-4-10(21-15)11(14(19)20)12(15)13(17)18/h1-6,10-12H,7H2,(H,19,20)/p-1/t10-,11+,12+,15+/m1/s1. The van der Waals surface area contributed by atoms with E-state index in [1.807, 2.05) is 6.08 Å². The van der Waals surface area contributed by atoms with Gasteiger partial charge in [0.25, 0.3) is 0 Å². The number of carboxylic acids is 1. The van der Waals surface area contributed by atoms with Crippen molar-refractivity contribution >= 4 is 29.2 Å². The summed E-state index contributed by atoms with van der Waals surface area (Å²) in [4.78, 5) is 25.6. The number of rotatable bonds is 2. The van der Waals surface area contributed by atoms with Crippen molar-refractivity contribution in [3.05, 3.63) is 41.4 Å². The molecule has 3 aliphatic heterocycles. The summed E-state index contributed by atoms with van der Waals surface area (Å²) in [7, 11) is 0. The number of carbonyl (C=O) groups is 2. The Hall–Kier alpha value is -1.85. The van der Waals surface area contributed by atoms with Gasteiger partial charge < -0.3 is 19.5 Å². The monoisotopic (exact) mass is 304 g/mol. The zero-order chi connectivity index (χ0) is 14.8. The van der Waals surface area contributed by atoms with Crippen LogP contribution in [-0.2, 0) is 14.3 Å². The normalized spacial score (nSPS) is 36.3. The smallest absolute Gasteiger partial charge is 0.234 e. The first kappa shape index (κ1) is 12.9. The number of fused-ring (bicyclic) bond motifs is 1. The van der Waals surface area contributed by atoms with Gasteiger partial charge in [-0.2, -0.15) is 0 Å². The van der Waals surface area contributed by atoms with E-state index >= 15 is 0 Å². The van der Waals surface area contributed by atoms with Crippen LogP contribution in [0.25, 0.3) is 0 Å². The molecule has 4 rings (SSSR count). The van der Waals surface area contributed by atoms with E-state index in [1.54, 1.807) is 35.2 Å². The molecule has 21 heavy (non-hydrogen) atoms. The van der Waals surface area contributed by atoms with E-state index in [9.17, 15) is 14.7 Å². The number of hydrogen-bond donors (Lipinski definition) is 0. The number of benzene rings is 1. The average molecular weight is 305 g/mol. The molecule has 0 saturated carbocycles. The van der Waals surface area contributed by atoms with Crippen molar-refractivity contribution in [3.8, 4) is 0 Å². The Labute approximate surface area is 125 Å². The molecule has 1 aromatic rings. The van der Waals surface area contributed by atoms with Gasteiger partial charge in [-0.25, -0.2) is 0 Å². The molecule has 0 aromatic heterocycles. The van der Waals surface area contributed by atoms with Crippen LogP contribution in [0.1, 0.15) is 0 Å². The van der Waals surface area contributed by atoms with Crippen molar-refractivity contribution in [2.75, 3.05) is 11.4 Å². The van der Waals surface area contributed by atoms with Gasteiger partial charge in [0.1, 0.15) is 5.60 Å². The van der Waals surface area contributed by atoms with Crippen molar-refractivity contribution < 1.29 is 19.4 Å². The molecule has 2 saturated heterocycles. The second kappa shape index (κ2) is 4.08. The molecular formula is C15H11ClNO4-. The lowest BCUT2D eigenvalue weighted by molar-refractivity contribution is -0.313. The predicted octanol–water partition coefficient (Wildman–Crippen LogP) is 0.376. The summed E-state index contributed by atoms with van der Waals surface area (Å²) >= 11 is 5.96. The highest BCUT2D eigenvalue weighted by molar-refractivity contribution is 6.31. The minimum Gasteiger partial charge on any atom is -0.550 e.